The van der Waals surface area contributed by atoms with Crippen molar-refractivity contribution in [3.05, 3.63) is 17.3 Å². The maximum absolute atomic E-state index is 5.88. The largest absolute Gasteiger partial charge is 0.390 e. The SMILES string of the molecule is CN1CCN(C)C(Cc2noc(-c3ccsc3N)n2)C1. The molecule has 0 aliphatic carbocycles. The molecule has 7 heteroatoms. The van der Waals surface area contributed by atoms with Crippen LogP contribution in [0.5, 0.6) is 0 Å². The van der Waals surface area contributed by atoms with E-state index >= 15 is 0 Å². The molecule has 0 bridgehead atoms. The van der Waals surface area contributed by atoms with Crippen LogP contribution in [0.15, 0.2) is 16.0 Å². The molecule has 0 aromatic carbocycles. The van der Waals surface area contributed by atoms with E-state index in [1.165, 1.54) is 11.3 Å². The predicted octanol–water partition coefficient (Wildman–Crippen LogP) is 1.17. The first kappa shape index (κ1) is 13.5. The number of aromatic nitrogens is 2. The molecule has 0 saturated carbocycles. The van der Waals surface area contributed by atoms with E-state index in [1.54, 1.807) is 0 Å². The number of hydrogen-bond acceptors (Lipinski definition) is 7. The van der Waals surface area contributed by atoms with Crippen molar-refractivity contribution in [2.24, 2.45) is 0 Å². The van der Waals surface area contributed by atoms with E-state index in [1.807, 2.05) is 11.4 Å². The van der Waals surface area contributed by atoms with Crippen molar-refractivity contribution < 1.29 is 4.52 Å². The van der Waals surface area contributed by atoms with Crippen LogP contribution in [0.25, 0.3) is 11.5 Å². The minimum absolute atomic E-state index is 0.430. The van der Waals surface area contributed by atoms with Crippen LogP contribution in [0.4, 0.5) is 5.00 Å². The Morgan fingerprint density at radius 3 is 3.05 bits per heavy atom. The molecule has 2 N–H and O–H groups in total. The minimum Gasteiger partial charge on any atom is -0.390 e. The normalized spacial score (nSPS) is 21.4. The van der Waals surface area contributed by atoms with Gasteiger partial charge in [0.1, 0.15) is 0 Å². The van der Waals surface area contributed by atoms with E-state index in [0.717, 1.165) is 42.4 Å². The summed E-state index contributed by atoms with van der Waals surface area (Å²) in [4.78, 5) is 9.16. The number of likely N-dealkylation sites (N-methyl/N-ethyl adjacent to an activating group) is 2. The van der Waals surface area contributed by atoms with Crippen LogP contribution in [-0.4, -0.2) is 59.7 Å². The number of hydrogen-bond donors (Lipinski definition) is 1. The van der Waals surface area contributed by atoms with Crippen molar-refractivity contribution in [2.75, 3.05) is 39.5 Å². The van der Waals surface area contributed by atoms with Gasteiger partial charge in [-0.05, 0) is 25.5 Å². The fourth-order valence-electron chi connectivity index (χ4n) is 2.48. The molecule has 2 aromatic rings. The first-order chi connectivity index (χ1) is 9.63. The minimum atomic E-state index is 0.430. The lowest BCUT2D eigenvalue weighted by atomic mass is 10.1. The lowest BCUT2D eigenvalue weighted by molar-refractivity contribution is 0.113. The van der Waals surface area contributed by atoms with Crippen LogP contribution < -0.4 is 5.73 Å². The summed E-state index contributed by atoms with van der Waals surface area (Å²) in [7, 11) is 4.29. The highest BCUT2D eigenvalue weighted by atomic mass is 32.1. The molecule has 20 heavy (non-hydrogen) atoms. The van der Waals surface area contributed by atoms with E-state index < -0.39 is 0 Å². The van der Waals surface area contributed by atoms with E-state index in [2.05, 4.69) is 34.0 Å². The molecule has 6 nitrogen and oxygen atoms in total. The zero-order chi connectivity index (χ0) is 14.1. The van der Waals surface area contributed by atoms with Gasteiger partial charge in [0.2, 0.25) is 0 Å². The number of nitrogen functional groups attached to an aromatic ring is 1. The smallest absolute Gasteiger partial charge is 0.260 e. The fraction of sp³-hybridized carbons (Fsp3) is 0.538. The lowest BCUT2D eigenvalue weighted by Gasteiger charge is -2.37. The quantitative estimate of drug-likeness (QED) is 0.916. The maximum Gasteiger partial charge on any atom is 0.260 e. The summed E-state index contributed by atoms with van der Waals surface area (Å²) in [5.41, 5.74) is 6.72. The van der Waals surface area contributed by atoms with Crippen molar-refractivity contribution in [1.82, 2.24) is 19.9 Å². The van der Waals surface area contributed by atoms with Crippen molar-refractivity contribution in [3.63, 3.8) is 0 Å². The molecule has 2 aromatic heterocycles. The summed E-state index contributed by atoms with van der Waals surface area (Å²) in [6.45, 7) is 3.21. The number of piperazine rings is 1. The van der Waals surface area contributed by atoms with Gasteiger partial charge in [0.15, 0.2) is 5.82 Å². The lowest BCUT2D eigenvalue weighted by Crippen LogP contribution is -2.50. The number of thiophene rings is 1. The second-order valence-electron chi connectivity index (χ2n) is 5.32. The summed E-state index contributed by atoms with van der Waals surface area (Å²) in [6, 6.07) is 2.34. The van der Waals surface area contributed by atoms with Gasteiger partial charge in [-0.15, -0.1) is 11.3 Å². The van der Waals surface area contributed by atoms with Gasteiger partial charge in [0.05, 0.1) is 10.6 Å². The first-order valence-corrected chi connectivity index (χ1v) is 7.56. The molecule has 1 fully saturated rings. The average molecular weight is 293 g/mol. The molecule has 1 saturated heterocycles. The van der Waals surface area contributed by atoms with Gasteiger partial charge in [-0.2, -0.15) is 4.98 Å². The molecular weight excluding hydrogens is 274 g/mol. The molecule has 3 rings (SSSR count). The Kier molecular flexibility index (Phi) is 3.73. The summed E-state index contributed by atoms with van der Waals surface area (Å²) < 4.78 is 5.33. The molecule has 1 aliphatic rings. The van der Waals surface area contributed by atoms with Gasteiger partial charge in [-0.3, -0.25) is 0 Å². The van der Waals surface area contributed by atoms with Gasteiger partial charge in [0, 0.05) is 32.1 Å². The van der Waals surface area contributed by atoms with Crippen LogP contribution in [0.1, 0.15) is 5.82 Å². The Morgan fingerprint density at radius 2 is 2.30 bits per heavy atom. The van der Waals surface area contributed by atoms with E-state index in [4.69, 9.17) is 10.3 Å². The third-order valence-electron chi connectivity index (χ3n) is 3.79. The Balaban J connectivity index is 1.73. The van der Waals surface area contributed by atoms with Crippen LogP contribution in [0.2, 0.25) is 0 Å². The Labute approximate surface area is 122 Å². The molecule has 3 heterocycles. The Morgan fingerprint density at radius 1 is 1.45 bits per heavy atom. The molecule has 0 amide bonds. The van der Waals surface area contributed by atoms with Gasteiger partial charge in [-0.1, -0.05) is 5.16 Å². The molecule has 1 unspecified atom stereocenters. The average Bonchev–Trinajstić information content (AvgIpc) is 3.02. The van der Waals surface area contributed by atoms with Gasteiger partial charge in [-0.25, -0.2) is 0 Å². The van der Waals surface area contributed by atoms with Crippen LogP contribution in [0, 0.1) is 0 Å². The second kappa shape index (κ2) is 5.51. The van der Waals surface area contributed by atoms with Gasteiger partial charge >= 0.3 is 0 Å². The monoisotopic (exact) mass is 293 g/mol. The molecule has 1 aliphatic heterocycles. The van der Waals surface area contributed by atoms with Crippen molar-refractivity contribution in [1.29, 1.82) is 0 Å². The number of rotatable bonds is 3. The van der Waals surface area contributed by atoms with E-state index in [9.17, 15) is 0 Å². The van der Waals surface area contributed by atoms with Crippen LogP contribution in [0.3, 0.4) is 0 Å². The van der Waals surface area contributed by atoms with Crippen molar-refractivity contribution in [3.8, 4) is 11.5 Å². The highest BCUT2D eigenvalue weighted by Crippen LogP contribution is 2.29. The third kappa shape index (κ3) is 2.70. The highest BCUT2D eigenvalue weighted by Gasteiger charge is 2.24. The molecule has 108 valence electrons. The van der Waals surface area contributed by atoms with Crippen molar-refractivity contribution in [2.45, 2.75) is 12.5 Å². The third-order valence-corrected chi connectivity index (χ3v) is 4.54. The van der Waals surface area contributed by atoms with E-state index in [-0.39, 0.29) is 0 Å². The highest BCUT2D eigenvalue weighted by molar-refractivity contribution is 7.14. The van der Waals surface area contributed by atoms with Gasteiger partial charge < -0.3 is 20.1 Å². The number of anilines is 1. The fourth-order valence-corrected chi connectivity index (χ4v) is 3.11. The molecule has 0 spiro atoms. The number of nitrogens with zero attached hydrogens (tertiary/aromatic N) is 4. The summed E-state index contributed by atoms with van der Waals surface area (Å²) in [5, 5.41) is 6.73. The zero-order valence-electron chi connectivity index (χ0n) is 11.7. The standard InChI is InChI=1S/C13H19N5OS/c1-17-4-5-18(2)9(8-17)7-11-15-13(19-16-11)10-3-6-20-12(10)14/h3,6,9H,4-5,7-8,14H2,1-2H3. The topological polar surface area (TPSA) is 71.4 Å². The summed E-state index contributed by atoms with van der Waals surface area (Å²) in [5.74, 6) is 1.27. The molecule has 0 radical (unpaired) electrons. The van der Waals surface area contributed by atoms with E-state index in [0.29, 0.717) is 11.9 Å². The molecule has 1 atom stereocenters. The van der Waals surface area contributed by atoms with Crippen LogP contribution >= 0.6 is 11.3 Å². The molecular formula is C13H19N5OS. The van der Waals surface area contributed by atoms with Gasteiger partial charge in [0.25, 0.3) is 5.89 Å². The van der Waals surface area contributed by atoms with Crippen molar-refractivity contribution >= 4 is 16.3 Å². The van der Waals surface area contributed by atoms with Crippen LogP contribution in [-0.2, 0) is 6.42 Å². The zero-order valence-corrected chi connectivity index (χ0v) is 12.6. The summed E-state index contributed by atoms with van der Waals surface area (Å²) >= 11 is 1.48. The Hall–Kier alpha value is -1.44. The predicted molar refractivity (Wildman–Crippen MR) is 79.6 cm³/mol. The first-order valence-electron chi connectivity index (χ1n) is 6.68. The summed E-state index contributed by atoms with van der Waals surface area (Å²) in [6.07, 6.45) is 0.800. The Bertz CT molecular complexity index is 581. The second-order valence-corrected chi connectivity index (χ2v) is 6.26. The number of nitrogens with two attached hydrogens (primary N) is 1. The maximum atomic E-state index is 5.88.